The van der Waals surface area contributed by atoms with Gasteiger partial charge in [0.05, 0.1) is 6.04 Å². The zero-order valence-corrected chi connectivity index (χ0v) is 11.2. The monoisotopic (exact) mass is 254 g/mol. The molecule has 0 aliphatic heterocycles. The molecule has 0 aliphatic rings. The number of nitrogens with one attached hydrogen (secondary N) is 2. The summed E-state index contributed by atoms with van der Waals surface area (Å²) >= 11 is 0. The van der Waals surface area contributed by atoms with Gasteiger partial charge in [-0.15, -0.1) is 0 Å². The zero-order chi connectivity index (χ0) is 13.7. The minimum Gasteiger partial charge on any atom is -0.331 e. The number of anilines is 1. The molecular weight excluding hydrogens is 236 g/mol. The lowest BCUT2D eigenvalue weighted by Crippen LogP contribution is -2.31. The number of hydrogen-bond donors (Lipinski definition) is 2. The van der Waals surface area contributed by atoms with Crippen molar-refractivity contribution in [2.24, 2.45) is 0 Å². The number of amides is 2. The Morgan fingerprint density at radius 2 is 1.63 bits per heavy atom. The zero-order valence-electron chi connectivity index (χ0n) is 11.2. The second-order valence-corrected chi connectivity index (χ2v) is 4.54. The minimum absolute atomic E-state index is 0.0232. The summed E-state index contributed by atoms with van der Waals surface area (Å²) in [6.07, 6.45) is 0. The summed E-state index contributed by atoms with van der Waals surface area (Å²) in [6, 6.07) is 17.2. The van der Waals surface area contributed by atoms with Crippen LogP contribution in [0.2, 0.25) is 0 Å². The van der Waals surface area contributed by atoms with Gasteiger partial charge < -0.3 is 10.6 Å². The van der Waals surface area contributed by atoms with Crippen LogP contribution in [0.15, 0.2) is 54.6 Å². The summed E-state index contributed by atoms with van der Waals surface area (Å²) in [5, 5.41) is 5.75. The highest BCUT2D eigenvalue weighted by molar-refractivity contribution is 5.89. The van der Waals surface area contributed by atoms with Crippen molar-refractivity contribution in [3.63, 3.8) is 0 Å². The lowest BCUT2D eigenvalue weighted by molar-refractivity contribution is 0.249. The van der Waals surface area contributed by atoms with E-state index in [4.69, 9.17) is 0 Å². The Morgan fingerprint density at radius 3 is 2.32 bits per heavy atom. The van der Waals surface area contributed by atoms with E-state index in [1.165, 1.54) is 5.56 Å². The highest BCUT2D eigenvalue weighted by Crippen LogP contribution is 2.16. The molecule has 1 atom stereocenters. The molecule has 0 radical (unpaired) electrons. The van der Waals surface area contributed by atoms with Crippen LogP contribution in [0.5, 0.6) is 0 Å². The fourth-order valence-corrected chi connectivity index (χ4v) is 2.04. The molecule has 2 N–H and O–H groups in total. The molecule has 2 rings (SSSR count). The van der Waals surface area contributed by atoms with Crippen LogP contribution in [0.3, 0.4) is 0 Å². The molecule has 3 nitrogen and oxygen atoms in total. The largest absolute Gasteiger partial charge is 0.331 e. The number of carbonyl (C=O) groups excluding carboxylic acids is 1. The molecule has 0 fully saturated rings. The van der Waals surface area contributed by atoms with Crippen molar-refractivity contribution in [2.75, 3.05) is 5.32 Å². The molecule has 19 heavy (non-hydrogen) atoms. The number of para-hydroxylation sites is 1. The molecule has 0 saturated carbocycles. The van der Waals surface area contributed by atoms with Crippen molar-refractivity contribution in [3.05, 3.63) is 65.7 Å². The standard InChI is InChI=1S/C16H18N2O/c1-12-8-6-7-11-15(12)13(2)17-16(19)18-14-9-4-3-5-10-14/h3-11,13H,1-2H3,(H2,17,18,19). The third-order valence-electron chi connectivity index (χ3n) is 3.03. The second kappa shape index (κ2) is 6.05. The first-order chi connectivity index (χ1) is 9.16. The van der Waals surface area contributed by atoms with Gasteiger partial charge in [0.25, 0.3) is 0 Å². The molecule has 0 aromatic heterocycles. The van der Waals surface area contributed by atoms with Crippen molar-refractivity contribution in [1.82, 2.24) is 5.32 Å². The number of hydrogen-bond acceptors (Lipinski definition) is 1. The molecule has 0 bridgehead atoms. The van der Waals surface area contributed by atoms with Crippen LogP contribution in [0.1, 0.15) is 24.1 Å². The Bertz CT molecular complexity index is 552. The number of benzene rings is 2. The molecule has 3 heteroatoms. The first-order valence-corrected chi connectivity index (χ1v) is 6.35. The van der Waals surface area contributed by atoms with Gasteiger partial charge in [-0.3, -0.25) is 0 Å². The normalized spacial score (nSPS) is 11.7. The van der Waals surface area contributed by atoms with Crippen LogP contribution in [0.25, 0.3) is 0 Å². The second-order valence-electron chi connectivity index (χ2n) is 4.54. The Kier molecular flexibility index (Phi) is 4.18. The maximum atomic E-state index is 11.9. The number of aryl methyl sites for hydroxylation is 1. The molecule has 0 aliphatic carbocycles. The molecule has 2 amide bonds. The summed E-state index contributed by atoms with van der Waals surface area (Å²) in [5.74, 6) is 0. The van der Waals surface area contributed by atoms with E-state index in [2.05, 4.69) is 10.6 Å². The Labute approximate surface area is 113 Å². The summed E-state index contributed by atoms with van der Waals surface area (Å²) in [4.78, 5) is 11.9. The van der Waals surface area contributed by atoms with Gasteiger partial charge >= 0.3 is 6.03 Å². The van der Waals surface area contributed by atoms with Crippen LogP contribution >= 0.6 is 0 Å². The third kappa shape index (κ3) is 3.58. The third-order valence-corrected chi connectivity index (χ3v) is 3.03. The highest BCUT2D eigenvalue weighted by atomic mass is 16.2. The van der Waals surface area contributed by atoms with Crippen molar-refractivity contribution in [2.45, 2.75) is 19.9 Å². The molecule has 0 heterocycles. The molecule has 0 saturated heterocycles. The lowest BCUT2D eigenvalue weighted by atomic mass is 10.0. The van der Waals surface area contributed by atoms with Gasteiger partial charge in [-0.05, 0) is 37.1 Å². The van der Waals surface area contributed by atoms with E-state index in [9.17, 15) is 4.79 Å². The van der Waals surface area contributed by atoms with Gasteiger partial charge in [-0.2, -0.15) is 0 Å². The van der Waals surface area contributed by atoms with E-state index in [1.807, 2.05) is 68.4 Å². The van der Waals surface area contributed by atoms with E-state index in [0.29, 0.717) is 0 Å². The summed E-state index contributed by atoms with van der Waals surface area (Å²) in [7, 11) is 0. The predicted molar refractivity (Wildman–Crippen MR) is 78.2 cm³/mol. The Hall–Kier alpha value is -2.29. The molecular formula is C16H18N2O. The SMILES string of the molecule is Cc1ccccc1C(C)NC(=O)Nc1ccccc1. The summed E-state index contributed by atoms with van der Waals surface area (Å²) in [6.45, 7) is 4.02. The predicted octanol–water partition coefficient (Wildman–Crippen LogP) is 3.88. The molecule has 98 valence electrons. The lowest BCUT2D eigenvalue weighted by Gasteiger charge is -2.17. The van der Waals surface area contributed by atoms with Crippen LogP contribution in [-0.2, 0) is 0 Å². The van der Waals surface area contributed by atoms with Crippen molar-refractivity contribution >= 4 is 11.7 Å². The average molecular weight is 254 g/mol. The first-order valence-electron chi connectivity index (χ1n) is 6.35. The van der Waals surface area contributed by atoms with Crippen LogP contribution < -0.4 is 10.6 Å². The summed E-state index contributed by atoms with van der Waals surface area (Å²) < 4.78 is 0. The van der Waals surface area contributed by atoms with Crippen LogP contribution in [-0.4, -0.2) is 6.03 Å². The van der Waals surface area contributed by atoms with Crippen LogP contribution in [0, 0.1) is 6.92 Å². The first kappa shape index (κ1) is 13.1. The maximum Gasteiger partial charge on any atom is 0.319 e. The van der Waals surface area contributed by atoms with Gasteiger partial charge in [0, 0.05) is 5.69 Å². The van der Waals surface area contributed by atoms with Crippen LogP contribution in [0.4, 0.5) is 10.5 Å². The van der Waals surface area contributed by atoms with Crippen molar-refractivity contribution in [3.8, 4) is 0 Å². The number of carbonyl (C=O) groups is 1. The van der Waals surface area contributed by atoms with Gasteiger partial charge in [-0.25, -0.2) is 4.79 Å². The van der Waals surface area contributed by atoms with Crippen molar-refractivity contribution < 1.29 is 4.79 Å². The fraction of sp³-hybridized carbons (Fsp3) is 0.188. The average Bonchev–Trinajstić information content (AvgIpc) is 2.40. The molecule has 2 aromatic carbocycles. The molecule has 0 spiro atoms. The van der Waals surface area contributed by atoms with E-state index in [0.717, 1.165) is 11.3 Å². The minimum atomic E-state index is -0.193. The topological polar surface area (TPSA) is 41.1 Å². The van der Waals surface area contributed by atoms with Gasteiger partial charge in [0.1, 0.15) is 0 Å². The van der Waals surface area contributed by atoms with Gasteiger partial charge in [0.15, 0.2) is 0 Å². The van der Waals surface area contributed by atoms with Gasteiger partial charge in [0.2, 0.25) is 0 Å². The van der Waals surface area contributed by atoms with Crippen molar-refractivity contribution in [1.29, 1.82) is 0 Å². The van der Waals surface area contributed by atoms with E-state index >= 15 is 0 Å². The fourth-order valence-electron chi connectivity index (χ4n) is 2.04. The maximum absolute atomic E-state index is 11.9. The highest BCUT2D eigenvalue weighted by Gasteiger charge is 2.10. The van der Waals surface area contributed by atoms with E-state index < -0.39 is 0 Å². The molecule has 2 aromatic rings. The Balaban J connectivity index is 1.98. The van der Waals surface area contributed by atoms with E-state index in [-0.39, 0.29) is 12.1 Å². The number of urea groups is 1. The van der Waals surface area contributed by atoms with Gasteiger partial charge in [-0.1, -0.05) is 42.5 Å². The number of rotatable bonds is 3. The van der Waals surface area contributed by atoms with E-state index in [1.54, 1.807) is 0 Å². The quantitative estimate of drug-likeness (QED) is 0.857. The smallest absolute Gasteiger partial charge is 0.319 e. The molecule has 1 unspecified atom stereocenters. The summed E-state index contributed by atoms with van der Waals surface area (Å²) in [5.41, 5.74) is 3.10. The Morgan fingerprint density at radius 1 is 1.00 bits per heavy atom.